The molecule has 9 heteroatoms. The van der Waals surface area contributed by atoms with Crippen molar-refractivity contribution in [2.24, 2.45) is 0 Å². The van der Waals surface area contributed by atoms with Crippen molar-refractivity contribution in [2.75, 3.05) is 26.3 Å². The predicted octanol–water partition coefficient (Wildman–Crippen LogP) is 1.67. The first-order valence-electron chi connectivity index (χ1n) is 9.69. The van der Waals surface area contributed by atoms with Gasteiger partial charge in [0.2, 0.25) is 10.0 Å². The van der Waals surface area contributed by atoms with Gasteiger partial charge in [0.1, 0.15) is 5.54 Å². The fourth-order valence-corrected chi connectivity index (χ4v) is 5.21. The number of nitrogens with zero attached hydrogens (tertiary/aromatic N) is 2. The van der Waals surface area contributed by atoms with Crippen LogP contribution in [0.25, 0.3) is 0 Å². The van der Waals surface area contributed by atoms with E-state index < -0.39 is 21.6 Å². The Morgan fingerprint density at radius 1 is 1.03 bits per heavy atom. The second-order valence-electron chi connectivity index (χ2n) is 7.48. The molecule has 0 saturated carbocycles. The van der Waals surface area contributed by atoms with E-state index in [1.54, 1.807) is 31.2 Å². The van der Waals surface area contributed by atoms with Crippen LogP contribution in [0, 0.1) is 0 Å². The van der Waals surface area contributed by atoms with Gasteiger partial charge in [-0.25, -0.2) is 13.2 Å². The second-order valence-corrected chi connectivity index (χ2v) is 9.41. The maximum Gasteiger partial charge on any atom is 0.325 e. The summed E-state index contributed by atoms with van der Waals surface area (Å²) >= 11 is 0. The van der Waals surface area contributed by atoms with Gasteiger partial charge in [-0.15, -0.1) is 0 Å². The van der Waals surface area contributed by atoms with Crippen LogP contribution in [0.3, 0.4) is 0 Å². The van der Waals surface area contributed by atoms with Gasteiger partial charge in [0.05, 0.1) is 24.7 Å². The predicted molar refractivity (Wildman–Crippen MR) is 109 cm³/mol. The third kappa shape index (κ3) is 3.60. The molecule has 158 valence electrons. The van der Waals surface area contributed by atoms with Crippen LogP contribution in [0.5, 0.6) is 0 Å². The van der Waals surface area contributed by atoms with E-state index in [2.05, 4.69) is 5.32 Å². The summed E-state index contributed by atoms with van der Waals surface area (Å²) in [5, 5.41) is 2.76. The fraction of sp³-hybridized carbons (Fsp3) is 0.333. The highest BCUT2D eigenvalue weighted by Gasteiger charge is 2.48. The van der Waals surface area contributed by atoms with Gasteiger partial charge in [-0.1, -0.05) is 42.5 Å². The molecule has 3 amide bonds. The minimum absolute atomic E-state index is 0.0143. The number of morpholine rings is 1. The highest BCUT2D eigenvalue weighted by molar-refractivity contribution is 7.89. The molecule has 0 unspecified atom stereocenters. The zero-order chi connectivity index (χ0) is 21.4. The number of benzene rings is 2. The van der Waals surface area contributed by atoms with Gasteiger partial charge >= 0.3 is 6.03 Å². The molecule has 30 heavy (non-hydrogen) atoms. The van der Waals surface area contributed by atoms with Crippen LogP contribution in [0.1, 0.15) is 18.1 Å². The van der Waals surface area contributed by atoms with E-state index >= 15 is 0 Å². The zero-order valence-corrected chi connectivity index (χ0v) is 17.4. The summed E-state index contributed by atoms with van der Waals surface area (Å²) in [4.78, 5) is 26.9. The van der Waals surface area contributed by atoms with Crippen molar-refractivity contribution in [3.05, 3.63) is 65.7 Å². The van der Waals surface area contributed by atoms with Gasteiger partial charge in [0, 0.05) is 13.1 Å². The lowest BCUT2D eigenvalue weighted by molar-refractivity contribution is -0.131. The Morgan fingerprint density at radius 2 is 1.73 bits per heavy atom. The van der Waals surface area contributed by atoms with Crippen molar-refractivity contribution in [1.29, 1.82) is 0 Å². The van der Waals surface area contributed by atoms with E-state index in [-0.39, 0.29) is 17.3 Å². The van der Waals surface area contributed by atoms with Gasteiger partial charge in [0.25, 0.3) is 5.91 Å². The van der Waals surface area contributed by atoms with Crippen LogP contribution in [-0.4, -0.2) is 55.9 Å². The molecule has 4 rings (SSSR count). The van der Waals surface area contributed by atoms with Crippen LogP contribution < -0.4 is 5.32 Å². The van der Waals surface area contributed by atoms with Gasteiger partial charge < -0.3 is 10.1 Å². The molecule has 2 heterocycles. The summed E-state index contributed by atoms with van der Waals surface area (Å²) in [6.45, 7) is 2.98. The summed E-state index contributed by atoms with van der Waals surface area (Å²) in [6, 6.07) is 14.9. The summed E-state index contributed by atoms with van der Waals surface area (Å²) in [5.74, 6) is -0.375. The summed E-state index contributed by atoms with van der Waals surface area (Å²) in [6.07, 6.45) is 0. The number of carbonyl (C=O) groups is 2. The fourth-order valence-electron chi connectivity index (χ4n) is 3.73. The lowest BCUT2D eigenvalue weighted by Crippen LogP contribution is -2.41. The average Bonchev–Trinajstić information content (AvgIpc) is 2.99. The first-order valence-corrected chi connectivity index (χ1v) is 11.1. The Morgan fingerprint density at radius 3 is 2.43 bits per heavy atom. The smallest absolute Gasteiger partial charge is 0.325 e. The maximum absolute atomic E-state index is 13.1. The first kappa shape index (κ1) is 20.5. The Kier molecular flexibility index (Phi) is 5.35. The number of ether oxygens (including phenoxy) is 1. The molecule has 0 aromatic heterocycles. The zero-order valence-electron chi connectivity index (χ0n) is 16.6. The SMILES string of the molecule is C[C@]1(c2ccccc2)NC(=O)N(Cc2cccc(S(=O)(=O)N3CCOCC3)c2)C1=O. The standard InChI is InChI=1S/C21H23N3O5S/c1-21(17-7-3-2-4-8-17)19(25)24(20(26)22-21)15-16-6-5-9-18(14-16)30(27,28)23-10-12-29-13-11-23/h2-9,14H,10-13,15H2,1H3,(H,22,26)/t21-/m1/s1. The molecule has 8 nitrogen and oxygen atoms in total. The average molecular weight is 429 g/mol. The molecular weight excluding hydrogens is 406 g/mol. The van der Waals surface area contributed by atoms with Gasteiger partial charge in [-0.2, -0.15) is 4.31 Å². The van der Waals surface area contributed by atoms with Crippen molar-refractivity contribution in [3.63, 3.8) is 0 Å². The number of imide groups is 1. The number of hydrogen-bond donors (Lipinski definition) is 1. The van der Waals surface area contributed by atoms with Crippen molar-refractivity contribution in [2.45, 2.75) is 23.9 Å². The molecule has 2 saturated heterocycles. The van der Waals surface area contributed by atoms with E-state index in [0.29, 0.717) is 37.4 Å². The van der Waals surface area contributed by atoms with E-state index in [1.807, 2.05) is 18.2 Å². The number of nitrogens with one attached hydrogen (secondary N) is 1. The highest BCUT2D eigenvalue weighted by atomic mass is 32.2. The maximum atomic E-state index is 13.1. The van der Waals surface area contributed by atoms with Gasteiger partial charge in [-0.05, 0) is 30.2 Å². The number of sulfonamides is 1. The van der Waals surface area contributed by atoms with Crippen molar-refractivity contribution in [3.8, 4) is 0 Å². The molecule has 0 bridgehead atoms. The molecule has 0 radical (unpaired) electrons. The van der Waals surface area contributed by atoms with Gasteiger partial charge in [-0.3, -0.25) is 9.69 Å². The Hall–Kier alpha value is -2.75. The molecule has 2 aliphatic rings. The first-order chi connectivity index (χ1) is 14.3. The minimum Gasteiger partial charge on any atom is -0.379 e. The molecule has 0 spiro atoms. The molecule has 2 aromatic carbocycles. The third-order valence-corrected chi connectivity index (χ3v) is 7.37. The molecule has 0 aliphatic carbocycles. The summed E-state index contributed by atoms with van der Waals surface area (Å²) in [5.41, 5.74) is 0.0928. The van der Waals surface area contributed by atoms with E-state index in [9.17, 15) is 18.0 Å². The highest BCUT2D eigenvalue weighted by Crippen LogP contribution is 2.30. The number of carbonyl (C=O) groups excluding carboxylic acids is 2. The molecule has 1 N–H and O–H groups in total. The Balaban J connectivity index is 1.57. The molecule has 2 fully saturated rings. The number of rotatable bonds is 5. The Labute approximate surface area is 175 Å². The van der Waals surface area contributed by atoms with Crippen LogP contribution in [0.2, 0.25) is 0 Å². The van der Waals surface area contributed by atoms with Crippen LogP contribution in [0.15, 0.2) is 59.5 Å². The van der Waals surface area contributed by atoms with Crippen molar-refractivity contribution >= 4 is 22.0 Å². The van der Waals surface area contributed by atoms with Gasteiger partial charge in [0.15, 0.2) is 0 Å². The Bertz CT molecular complexity index is 1070. The number of hydrogen-bond acceptors (Lipinski definition) is 5. The summed E-state index contributed by atoms with van der Waals surface area (Å²) < 4.78 is 32.4. The number of amides is 3. The second kappa shape index (κ2) is 7.82. The van der Waals surface area contributed by atoms with Crippen molar-refractivity contribution in [1.82, 2.24) is 14.5 Å². The quantitative estimate of drug-likeness (QED) is 0.730. The minimum atomic E-state index is -3.66. The normalized spacial score (nSPS) is 22.9. The lowest BCUT2D eigenvalue weighted by Gasteiger charge is -2.26. The van der Waals surface area contributed by atoms with Crippen molar-refractivity contribution < 1.29 is 22.7 Å². The molecule has 1 atom stereocenters. The monoisotopic (exact) mass is 429 g/mol. The largest absolute Gasteiger partial charge is 0.379 e. The molecule has 2 aromatic rings. The topological polar surface area (TPSA) is 96.0 Å². The van der Waals surface area contributed by atoms with Crippen LogP contribution in [0.4, 0.5) is 4.79 Å². The van der Waals surface area contributed by atoms with E-state index in [4.69, 9.17) is 4.74 Å². The van der Waals surface area contributed by atoms with E-state index in [0.717, 1.165) is 4.90 Å². The summed E-state index contributed by atoms with van der Waals surface area (Å²) in [7, 11) is -3.66. The third-order valence-electron chi connectivity index (χ3n) is 5.47. The lowest BCUT2D eigenvalue weighted by atomic mass is 9.92. The van der Waals surface area contributed by atoms with Crippen LogP contribution >= 0.6 is 0 Å². The van der Waals surface area contributed by atoms with Crippen LogP contribution in [-0.2, 0) is 31.6 Å². The molecule has 2 aliphatic heterocycles. The van der Waals surface area contributed by atoms with E-state index in [1.165, 1.54) is 16.4 Å². The number of urea groups is 1. The molecular formula is C21H23N3O5S.